The zero-order valence-electron chi connectivity index (χ0n) is 3.05. The van der Waals surface area contributed by atoms with Crippen LogP contribution in [-0.2, 0) is 0 Å². The summed E-state index contributed by atoms with van der Waals surface area (Å²) in [5, 5.41) is 0. The summed E-state index contributed by atoms with van der Waals surface area (Å²) in [7, 11) is 0. The molecule has 0 saturated heterocycles. The first-order valence-electron chi connectivity index (χ1n) is 1.28. The minimum absolute atomic E-state index is 0.276. The molecule has 0 radical (unpaired) electrons. The Kier molecular flexibility index (Phi) is 4.33. The van der Waals surface area contributed by atoms with E-state index in [4.69, 9.17) is 0 Å². The molecular weight excluding hydrogens is 179 g/mol. The number of hydrogen-bond acceptors (Lipinski definition) is 1. The first-order valence-corrected chi connectivity index (χ1v) is 3.98. The van der Waals surface area contributed by atoms with Crippen LogP contribution in [-0.4, -0.2) is 18.1 Å². The molecule has 3 heteroatoms. The number of thiocarbonyl (C=S) groups is 1. The first-order chi connectivity index (χ1) is 2.77. The monoisotopic (exact) mass is 184 g/mol. The Morgan fingerprint density at radius 2 is 2.50 bits per heavy atom. The second kappa shape index (κ2) is 3.87. The van der Waals surface area contributed by atoms with E-state index in [2.05, 4.69) is 31.4 Å². The van der Waals surface area contributed by atoms with Gasteiger partial charge in [-0.25, -0.2) is 0 Å². The summed E-state index contributed by atoms with van der Waals surface area (Å²) in [5.74, 6) is 0. The van der Waals surface area contributed by atoms with Crippen LogP contribution in [0, 0.1) is 0 Å². The van der Waals surface area contributed by atoms with Crippen molar-refractivity contribution in [3.05, 3.63) is 11.6 Å². The molecule has 0 unspecified atom stereocenters. The standard InChI is InChI=1S/C3H4S2Se/c1-2-6-3(4)5/h2H,1H2,(H,4,5). The molecule has 6 heavy (non-hydrogen) atoms. The summed E-state index contributed by atoms with van der Waals surface area (Å²) in [6, 6.07) is 0. The molecule has 0 nitrogen and oxygen atoms in total. The Bertz CT molecular complexity index is 69.2. The topological polar surface area (TPSA) is 0 Å². The van der Waals surface area contributed by atoms with Crippen LogP contribution >= 0.6 is 24.8 Å². The van der Waals surface area contributed by atoms with Crippen molar-refractivity contribution in [1.29, 1.82) is 0 Å². The molecule has 0 aliphatic rings. The van der Waals surface area contributed by atoms with Crippen LogP contribution in [0.1, 0.15) is 0 Å². The van der Waals surface area contributed by atoms with Gasteiger partial charge in [0.1, 0.15) is 0 Å². The van der Waals surface area contributed by atoms with E-state index in [0.29, 0.717) is 0 Å². The van der Waals surface area contributed by atoms with Gasteiger partial charge in [0.2, 0.25) is 0 Å². The molecule has 0 aliphatic carbocycles. The number of rotatable bonds is 2. The predicted molar refractivity (Wildman–Crippen MR) is 37.5 cm³/mol. The molecule has 0 aromatic rings. The maximum atomic E-state index is 4.62. The first kappa shape index (κ1) is 6.70. The molecule has 0 amide bonds. The Labute approximate surface area is 54.6 Å². The van der Waals surface area contributed by atoms with Crippen molar-refractivity contribution in [1.82, 2.24) is 0 Å². The molecule has 0 aliphatic heterocycles. The van der Waals surface area contributed by atoms with Crippen LogP contribution in [0.2, 0.25) is 0 Å². The van der Waals surface area contributed by atoms with Crippen molar-refractivity contribution in [2.24, 2.45) is 0 Å². The average Bonchev–Trinajstić information content (AvgIpc) is 1.35. The van der Waals surface area contributed by atoms with E-state index in [0.717, 1.165) is 3.10 Å². The van der Waals surface area contributed by atoms with Gasteiger partial charge in [0, 0.05) is 0 Å². The van der Waals surface area contributed by atoms with Gasteiger partial charge in [-0.05, 0) is 0 Å². The Balaban J connectivity index is 3.05. The van der Waals surface area contributed by atoms with Crippen molar-refractivity contribution in [3.63, 3.8) is 0 Å². The fourth-order valence-electron chi connectivity index (χ4n) is 0.0713. The summed E-state index contributed by atoms with van der Waals surface area (Å²) in [5.41, 5.74) is 0. The van der Waals surface area contributed by atoms with E-state index in [9.17, 15) is 0 Å². The van der Waals surface area contributed by atoms with Crippen LogP contribution in [0.5, 0.6) is 0 Å². The zero-order chi connectivity index (χ0) is 4.99. The van der Waals surface area contributed by atoms with Crippen molar-refractivity contribution in [2.45, 2.75) is 0 Å². The summed E-state index contributed by atoms with van der Waals surface area (Å²) >= 11 is 8.76. The third-order valence-electron chi connectivity index (χ3n) is 0.184. The second-order valence-corrected chi connectivity index (χ2v) is 5.02. The molecule has 0 atom stereocenters. The predicted octanol–water partition coefficient (Wildman–Crippen LogP) is 1.05. The molecule has 0 spiro atoms. The minimum atomic E-state index is 0.276. The Morgan fingerprint density at radius 3 is 2.50 bits per heavy atom. The van der Waals surface area contributed by atoms with E-state index in [-0.39, 0.29) is 15.0 Å². The van der Waals surface area contributed by atoms with Crippen LogP contribution in [0.3, 0.4) is 0 Å². The molecule has 0 heterocycles. The van der Waals surface area contributed by atoms with Crippen molar-refractivity contribution in [2.75, 3.05) is 0 Å². The summed E-state index contributed by atoms with van der Waals surface area (Å²) < 4.78 is 0.762. The number of hydrogen-bond donors (Lipinski definition) is 1. The van der Waals surface area contributed by atoms with E-state index in [1.54, 1.807) is 4.97 Å². The second-order valence-electron chi connectivity index (χ2n) is 0.550. The van der Waals surface area contributed by atoms with Crippen molar-refractivity contribution >= 4 is 42.9 Å². The normalized spacial score (nSPS) is 7.50. The third-order valence-corrected chi connectivity index (χ3v) is 2.00. The molecule has 0 N–H and O–H groups in total. The fraction of sp³-hybridized carbons (Fsp3) is 0. The average molecular weight is 183 g/mol. The van der Waals surface area contributed by atoms with Gasteiger partial charge in [-0.15, -0.1) is 0 Å². The van der Waals surface area contributed by atoms with Gasteiger partial charge in [-0.1, -0.05) is 0 Å². The van der Waals surface area contributed by atoms with E-state index in [1.165, 1.54) is 0 Å². The molecule has 0 aromatic carbocycles. The Hall–Kier alpha value is 0.699. The molecule has 0 rings (SSSR count). The van der Waals surface area contributed by atoms with Crippen LogP contribution in [0.15, 0.2) is 11.6 Å². The zero-order valence-corrected chi connectivity index (χ0v) is 6.47. The summed E-state index contributed by atoms with van der Waals surface area (Å²) in [4.78, 5) is 1.79. The van der Waals surface area contributed by atoms with E-state index < -0.39 is 0 Å². The summed E-state index contributed by atoms with van der Waals surface area (Å²) in [6.07, 6.45) is 0. The van der Waals surface area contributed by atoms with E-state index >= 15 is 0 Å². The van der Waals surface area contributed by atoms with Gasteiger partial charge in [0.25, 0.3) is 0 Å². The van der Waals surface area contributed by atoms with E-state index in [1.807, 2.05) is 0 Å². The van der Waals surface area contributed by atoms with Gasteiger partial charge in [0.05, 0.1) is 0 Å². The van der Waals surface area contributed by atoms with Crippen molar-refractivity contribution in [3.8, 4) is 0 Å². The molecule has 0 saturated carbocycles. The molecule has 0 bridgehead atoms. The number of thiol groups is 1. The van der Waals surface area contributed by atoms with Crippen LogP contribution in [0.4, 0.5) is 0 Å². The van der Waals surface area contributed by atoms with Gasteiger partial charge < -0.3 is 0 Å². The fourth-order valence-corrected chi connectivity index (χ4v) is 1.11. The molecular formula is C3H4S2Se. The van der Waals surface area contributed by atoms with Crippen LogP contribution in [0.25, 0.3) is 0 Å². The van der Waals surface area contributed by atoms with Crippen LogP contribution < -0.4 is 0 Å². The van der Waals surface area contributed by atoms with Crippen molar-refractivity contribution < 1.29 is 0 Å². The van der Waals surface area contributed by atoms with Gasteiger partial charge in [0.15, 0.2) is 0 Å². The SMILES string of the molecule is C=C[Se]C(=S)S. The van der Waals surface area contributed by atoms with Gasteiger partial charge in [-0.2, -0.15) is 0 Å². The molecule has 34 valence electrons. The summed E-state index contributed by atoms with van der Waals surface area (Å²) in [6.45, 7) is 3.49. The van der Waals surface area contributed by atoms with Gasteiger partial charge >= 0.3 is 54.5 Å². The molecule has 0 aromatic heterocycles. The van der Waals surface area contributed by atoms with Gasteiger partial charge in [-0.3, -0.25) is 0 Å². The Morgan fingerprint density at radius 1 is 2.00 bits per heavy atom. The third kappa shape index (κ3) is 4.70. The molecule has 0 fully saturated rings. The maximum absolute atomic E-state index is 4.62. The quantitative estimate of drug-likeness (QED) is 0.379.